The normalized spacial score (nSPS) is 27.1. The number of halogens is 2. The highest BCUT2D eigenvalue weighted by Gasteiger charge is 2.45. The summed E-state index contributed by atoms with van der Waals surface area (Å²) in [4.78, 5) is 24.7. The van der Waals surface area contributed by atoms with Gasteiger partial charge in [0.1, 0.15) is 11.5 Å². The van der Waals surface area contributed by atoms with Crippen LogP contribution in [0.15, 0.2) is 12.3 Å². The van der Waals surface area contributed by atoms with Crippen molar-refractivity contribution in [1.29, 1.82) is 0 Å². The molecule has 3 heterocycles. The number of H-pyrrole nitrogens is 1. The summed E-state index contributed by atoms with van der Waals surface area (Å²) >= 11 is 0. The molecule has 32 heavy (non-hydrogen) atoms. The Kier molecular flexibility index (Phi) is 4.38. The molecule has 0 aliphatic heterocycles. The van der Waals surface area contributed by atoms with Crippen LogP contribution < -0.4 is 10.4 Å². The Bertz CT molecular complexity index is 1220. The summed E-state index contributed by atoms with van der Waals surface area (Å²) < 4.78 is 29.2. The fourth-order valence-electron chi connectivity index (χ4n) is 5.50. The lowest BCUT2D eigenvalue weighted by Gasteiger charge is -2.49. The highest BCUT2D eigenvalue weighted by atomic mass is 19.1. The number of anilines is 1. The van der Waals surface area contributed by atoms with Gasteiger partial charge in [-0.1, -0.05) is 0 Å². The highest BCUT2D eigenvalue weighted by molar-refractivity contribution is 5.88. The number of aromatic amines is 1. The van der Waals surface area contributed by atoms with E-state index in [1.807, 2.05) is 0 Å². The van der Waals surface area contributed by atoms with Gasteiger partial charge in [-0.05, 0) is 56.4 Å². The van der Waals surface area contributed by atoms with Gasteiger partial charge in [0.25, 0.3) is 0 Å². The molecule has 4 aliphatic carbocycles. The summed E-state index contributed by atoms with van der Waals surface area (Å²) in [6, 6.07) is 0.832. The second kappa shape index (κ2) is 7.18. The smallest absolute Gasteiger partial charge is 0.187 e. The van der Waals surface area contributed by atoms with Crippen LogP contribution in [0.25, 0.3) is 22.6 Å². The molecular formula is C22H21F2N6O2-. The number of carbonyl (C=O) groups is 1. The number of carboxylic acids is 1. The molecule has 0 aromatic carbocycles. The molecule has 10 heteroatoms. The van der Waals surface area contributed by atoms with Gasteiger partial charge in [-0.3, -0.25) is 5.10 Å². The number of rotatable bonds is 5. The number of hydrogen-bond acceptors (Lipinski definition) is 7. The largest absolute Gasteiger partial charge is 0.550 e. The molecule has 7 rings (SSSR count). The van der Waals surface area contributed by atoms with Crippen molar-refractivity contribution in [3.05, 3.63) is 29.6 Å². The number of nitrogens with one attached hydrogen (secondary N) is 2. The lowest BCUT2D eigenvalue weighted by molar-refractivity contribution is -0.316. The molecule has 2 atom stereocenters. The molecule has 0 saturated heterocycles. The maximum absolute atomic E-state index is 15.4. The van der Waals surface area contributed by atoms with Gasteiger partial charge in [0.15, 0.2) is 23.1 Å². The maximum atomic E-state index is 15.4. The molecule has 8 nitrogen and oxygen atoms in total. The predicted octanol–water partition coefficient (Wildman–Crippen LogP) is 2.54. The summed E-state index contributed by atoms with van der Waals surface area (Å²) in [5, 5.41) is 22.3. The number of aliphatic carboxylic acids is 1. The molecule has 3 aromatic heterocycles. The molecule has 0 spiro atoms. The van der Waals surface area contributed by atoms with Gasteiger partial charge in [-0.2, -0.15) is 5.10 Å². The van der Waals surface area contributed by atoms with Gasteiger partial charge in [0.05, 0.1) is 17.3 Å². The third-order valence-electron chi connectivity index (χ3n) is 7.24. The van der Waals surface area contributed by atoms with E-state index in [1.54, 1.807) is 0 Å². The first-order valence-electron chi connectivity index (χ1n) is 11.0. The Morgan fingerprint density at radius 3 is 2.56 bits per heavy atom. The van der Waals surface area contributed by atoms with E-state index >= 15 is 4.39 Å². The van der Waals surface area contributed by atoms with Crippen molar-refractivity contribution >= 4 is 22.8 Å². The van der Waals surface area contributed by atoms with E-state index in [-0.39, 0.29) is 35.1 Å². The minimum absolute atomic E-state index is 0.0129. The average molecular weight is 439 g/mol. The van der Waals surface area contributed by atoms with E-state index in [1.165, 1.54) is 6.07 Å². The average Bonchev–Trinajstić information content (AvgIpc) is 3.55. The standard InChI is InChI=1S/C22H22F2N6O2/c23-12-7-13-18(29-30-19(13)25-8-12)21-27-17(11-5-6-11)15(24)20(28-21)26-16-10-3-1-9(2-4-10)14(16)22(31)32/h7-11,14,16H,1-6H2,(H,31,32)(H,25,29,30)(H,26,27,28)/p-1/t9?,10?,14-,16-/m0/s1. The zero-order valence-electron chi connectivity index (χ0n) is 17.1. The number of pyridine rings is 1. The van der Waals surface area contributed by atoms with Crippen molar-refractivity contribution in [2.45, 2.75) is 50.5 Å². The molecule has 4 aliphatic rings. The summed E-state index contributed by atoms with van der Waals surface area (Å²) in [5.41, 5.74) is 0.938. The topological polar surface area (TPSA) is 120 Å². The highest BCUT2D eigenvalue weighted by Crippen LogP contribution is 2.47. The van der Waals surface area contributed by atoms with Crippen LogP contribution in [-0.2, 0) is 4.79 Å². The summed E-state index contributed by atoms with van der Waals surface area (Å²) in [6.07, 6.45) is 6.22. The fraction of sp³-hybridized carbons (Fsp3) is 0.500. The van der Waals surface area contributed by atoms with E-state index in [2.05, 4.69) is 30.5 Å². The molecule has 3 aromatic rings. The molecule has 4 saturated carbocycles. The molecule has 166 valence electrons. The summed E-state index contributed by atoms with van der Waals surface area (Å²) in [7, 11) is 0. The van der Waals surface area contributed by atoms with Gasteiger partial charge >= 0.3 is 0 Å². The molecular weight excluding hydrogens is 418 g/mol. The number of fused-ring (bicyclic) bond motifs is 4. The number of hydrogen-bond donors (Lipinski definition) is 2. The predicted molar refractivity (Wildman–Crippen MR) is 108 cm³/mol. The Labute approximate surface area is 181 Å². The maximum Gasteiger partial charge on any atom is 0.187 e. The first-order chi connectivity index (χ1) is 15.5. The van der Waals surface area contributed by atoms with Crippen LogP contribution in [0.3, 0.4) is 0 Å². The van der Waals surface area contributed by atoms with Gasteiger partial charge in [-0.25, -0.2) is 23.7 Å². The first kappa shape index (κ1) is 19.5. The third-order valence-corrected chi connectivity index (χ3v) is 7.24. The minimum atomic E-state index is -1.10. The molecule has 0 unspecified atom stereocenters. The molecule has 4 fully saturated rings. The van der Waals surface area contributed by atoms with Gasteiger partial charge in [-0.15, -0.1) is 0 Å². The van der Waals surface area contributed by atoms with Gasteiger partial charge < -0.3 is 15.2 Å². The summed E-state index contributed by atoms with van der Waals surface area (Å²) in [5.74, 6) is -2.57. The Balaban J connectivity index is 1.44. The van der Waals surface area contributed by atoms with E-state index in [4.69, 9.17) is 0 Å². The number of aromatic nitrogens is 5. The summed E-state index contributed by atoms with van der Waals surface area (Å²) in [6.45, 7) is 0. The van der Waals surface area contributed by atoms with E-state index < -0.39 is 29.6 Å². The Hall–Kier alpha value is -3.17. The van der Waals surface area contributed by atoms with Crippen LogP contribution in [0.5, 0.6) is 0 Å². The van der Waals surface area contributed by atoms with Crippen LogP contribution in [0.2, 0.25) is 0 Å². The van der Waals surface area contributed by atoms with Gasteiger partial charge in [0, 0.05) is 23.8 Å². The van der Waals surface area contributed by atoms with Crippen LogP contribution in [0.1, 0.15) is 50.1 Å². The van der Waals surface area contributed by atoms with E-state index in [0.29, 0.717) is 16.7 Å². The molecule has 2 bridgehead atoms. The van der Waals surface area contributed by atoms with Crippen molar-refractivity contribution in [3.63, 3.8) is 0 Å². The Morgan fingerprint density at radius 1 is 1.09 bits per heavy atom. The number of nitrogens with zero attached hydrogens (tertiary/aromatic N) is 4. The van der Waals surface area contributed by atoms with Crippen molar-refractivity contribution < 1.29 is 18.7 Å². The lowest BCUT2D eigenvalue weighted by Crippen LogP contribution is -2.55. The minimum Gasteiger partial charge on any atom is -0.550 e. The van der Waals surface area contributed by atoms with Crippen molar-refractivity contribution in [2.24, 2.45) is 17.8 Å². The van der Waals surface area contributed by atoms with Crippen molar-refractivity contribution in [3.8, 4) is 11.5 Å². The molecule has 2 N–H and O–H groups in total. The van der Waals surface area contributed by atoms with Crippen LogP contribution in [0.4, 0.5) is 14.6 Å². The fourth-order valence-corrected chi connectivity index (χ4v) is 5.50. The van der Waals surface area contributed by atoms with E-state index in [9.17, 15) is 14.3 Å². The van der Waals surface area contributed by atoms with Crippen molar-refractivity contribution in [1.82, 2.24) is 25.1 Å². The second-order valence-corrected chi connectivity index (χ2v) is 9.18. The number of carboxylic acid groups (broad SMARTS) is 1. The first-order valence-corrected chi connectivity index (χ1v) is 11.0. The Morgan fingerprint density at radius 2 is 1.84 bits per heavy atom. The zero-order valence-corrected chi connectivity index (χ0v) is 17.1. The van der Waals surface area contributed by atoms with Crippen LogP contribution >= 0.6 is 0 Å². The molecule has 0 radical (unpaired) electrons. The quantitative estimate of drug-likeness (QED) is 0.627. The lowest BCUT2D eigenvalue weighted by atomic mass is 9.61. The van der Waals surface area contributed by atoms with Crippen molar-refractivity contribution in [2.75, 3.05) is 5.32 Å². The SMILES string of the molecule is O=C([O-])[C@H]1C2CCC(CC2)[C@@H]1Nc1nc(-c2[nH]nc3ncc(F)cc23)nc(C2CC2)c1F. The van der Waals surface area contributed by atoms with Gasteiger partial charge in [0.2, 0.25) is 0 Å². The van der Waals surface area contributed by atoms with Crippen LogP contribution in [-0.4, -0.2) is 37.2 Å². The third kappa shape index (κ3) is 3.11. The zero-order chi connectivity index (χ0) is 22.0. The molecule has 0 amide bonds. The second-order valence-electron chi connectivity index (χ2n) is 9.18. The monoisotopic (exact) mass is 439 g/mol. The van der Waals surface area contributed by atoms with E-state index in [0.717, 1.165) is 44.7 Å². The number of carbonyl (C=O) groups excluding carboxylic acids is 1. The van der Waals surface area contributed by atoms with Crippen LogP contribution in [0, 0.1) is 29.4 Å².